The van der Waals surface area contributed by atoms with Gasteiger partial charge in [-0.25, -0.2) is 9.78 Å². The lowest BCUT2D eigenvalue weighted by molar-refractivity contribution is 0.0697. The van der Waals surface area contributed by atoms with Crippen LogP contribution >= 0.6 is 0 Å². The van der Waals surface area contributed by atoms with Crippen molar-refractivity contribution in [2.75, 3.05) is 5.32 Å². The predicted molar refractivity (Wildman–Crippen MR) is 108 cm³/mol. The number of hydrogen-bond donors (Lipinski definition) is 3. The van der Waals surface area contributed by atoms with Crippen LogP contribution in [-0.4, -0.2) is 47.0 Å². The first-order chi connectivity index (χ1) is 14.6. The van der Waals surface area contributed by atoms with Crippen LogP contribution in [0.25, 0.3) is 16.9 Å². The molecule has 1 saturated carbocycles. The summed E-state index contributed by atoms with van der Waals surface area (Å²) in [6.07, 6.45) is 8.32. The number of rotatable bonds is 6. The molecule has 30 heavy (non-hydrogen) atoms. The molecule has 1 aliphatic rings. The number of aromatic carboxylic acids is 1. The summed E-state index contributed by atoms with van der Waals surface area (Å²) in [6, 6.07) is 4.84. The fourth-order valence-corrected chi connectivity index (χ4v) is 3.30. The molecule has 0 bridgehead atoms. The number of H-pyrrole nitrogens is 1. The minimum Gasteiger partial charge on any atom is -0.484 e. The zero-order valence-corrected chi connectivity index (χ0v) is 16.2. The highest BCUT2D eigenvalue weighted by molar-refractivity contribution is 5.88. The molecule has 3 heterocycles. The van der Waals surface area contributed by atoms with Gasteiger partial charge in [-0.3, -0.25) is 5.10 Å². The van der Waals surface area contributed by atoms with Gasteiger partial charge in [0.05, 0.1) is 17.9 Å². The molecular formula is C20H19N7O3. The second-order valence-corrected chi connectivity index (χ2v) is 7.24. The summed E-state index contributed by atoms with van der Waals surface area (Å²) in [4.78, 5) is 20.3. The molecule has 10 heteroatoms. The Morgan fingerprint density at radius 1 is 1.37 bits per heavy atom. The molecule has 1 aliphatic carbocycles. The molecule has 10 nitrogen and oxygen atoms in total. The van der Waals surface area contributed by atoms with Gasteiger partial charge in [-0.2, -0.15) is 14.6 Å². The lowest BCUT2D eigenvalue weighted by Gasteiger charge is -2.27. The van der Waals surface area contributed by atoms with E-state index in [4.69, 9.17) is 9.84 Å². The number of aryl methyl sites for hydroxylation is 1. The van der Waals surface area contributed by atoms with E-state index in [-0.39, 0.29) is 11.7 Å². The maximum Gasteiger partial charge on any atom is 0.335 e. The van der Waals surface area contributed by atoms with Gasteiger partial charge in [0.1, 0.15) is 12.0 Å². The van der Waals surface area contributed by atoms with Crippen LogP contribution in [0.3, 0.4) is 0 Å². The number of anilines is 2. The van der Waals surface area contributed by atoms with Gasteiger partial charge in [0.25, 0.3) is 0 Å². The normalized spacial score (nSPS) is 13.9. The van der Waals surface area contributed by atoms with Gasteiger partial charge < -0.3 is 15.2 Å². The Bertz CT molecular complexity index is 1230. The van der Waals surface area contributed by atoms with E-state index in [1.165, 1.54) is 6.07 Å². The number of carboxylic acids is 1. The fourth-order valence-electron chi connectivity index (χ4n) is 3.30. The van der Waals surface area contributed by atoms with Crippen LogP contribution in [0.2, 0.25) is 0 Å². The number of aromatic amines is 1. The lowest BCUT2D eigenvalue weighted by Crippen LogP contribution is -2.25. The molecule has 0 spiro atoms. The van der Waals surface area contributed by atoms with Crippen LogP contribution in [0.1, 0.15) is 35.2 Å². The van der Waals surface area contributed by atoms with Gasteiger partial charge in [0.2, 0.25) is 11.6 Å². The van der Waals surface area contributed by atoms with E-state index >= 15 is 0 Å². The second-order valence-electron chi connectivity index (χ2n) is 7.24. The zero-order valence-electron chi connectivity index (χ0n) is 16.2. The van der Waals surface area contributed by atoms with E-state index in [1.54, 1.807) is 35.4 Å². The molecule has 5 rings (SSSR count). The molecule has 0 saturated heterocycles. The van der Waals surface area contributed by atoms with Gasteiger partial charge >= 0.3 is 5.97 Å². The summed E-state index contributed by atoms with van der Waals surface area (Å²) in [5.41, 5.74) is 3.74. The van der Waals surface area contributed by atoms with Crippen LogP contribution in [-0.2, 0) is 0 Å². The molecule has 4 aromatic rings. The molecular weight excluding hydrogens is 386 g/mol. The van der Waals surface area contributed by atoms with Crippen molar-refractivity contribution in [3.63, 3.8) is 0 Å². The Hall–Kier alpha value is -3.95. The number of fused-ring (bicyclic) bond motifs is 1. The topological polar surface area (TPSA) is 130 Å². The number of aromatic nitrogens is 6. The molecule has 0 unspecified atom stereocenters. The average molecular weight is 405 g/mol. The molecule has 152 valence electrons. The largest absolute Gasteiger partial charge is 0.484 e. The minimum absolute atomic E-state index is 0.141. The average Bonchev–Trinajstić information content (AvgIpc) is 3.35. The SMILES string of the molecule is Cc1cc(C(=O)O)ccc1Nc1nc2c(OC3CCC3)c(-c3cn[nH]c3)ncn2n1. The Labute approximate surface area is 170 Å². The van der Waals surface area contributed by atoms with Crippen LogP contribution in [0.4, 0.5) is 11.6 Å². The van der Waals surface area contributed by atoms with Crippen LogP contribution in [0.5, 0.6) is 5.75 Å². The Morgan fingerprint density at radius 3 is 2.90 bits per heavy atom. The Balaban J connectivity index is 1.53. The summed E-state index contributed by atoms with van der Waals surface area (Å²) in [5.74, 6) is -0.0287. The molecule has 1 fully saturated rings. The molecule has 0 radical (unpaired) electrons. The quantitative estimate of drug-likeness (QED) is 0.446. The van der Waals surface area contributed by atoms with Crippen LogP contribution < -0.4 is 10.1 Å². The van der Waals surface area contributed by atoms with E-state index in [9.17, 15) is 4.79 Å². The molecule has 0 aliphatic heterocycles. The monoisotopic (exact) mass is 405 g/mol. The number of benzene rings is 1. The van der Waals surface area contributed by atoms with Crippen molar-refractivity contribution >= 4 is 23.3 Å². The zero-order chi connectivity index (χ0) is 20.7. The predicted octanol–water partition coefficient (Wildman–Crippen LogP) is 3.20. The number of ether oxygens (including phenoxy) is 1. The maximum atomic E-state index is 11.1. The van der Waals surface area contributed by atoms with Gasteiger partial charge in [0, 0.05) is 17.4 Å². The number of carbonyl (C=O) groups is 1. The van der Waals surface area contributed by atoms with Gasteiger partial charge in [0.15, 0.2) is 5.75 Å². The van der Waals surface area contributed by atoms with Gasteiger partial charge in [-0.15, -0.1) is 5.10 Å². The summed E-state index contributed by atoms with van der Waals surface area (Å²) in [6.45, 7) is 1.83. The molecule has 1 aromatic carbocycles. The highest BCUT2D eigenvalue weighted by Gasteiger charge is 2.25. The van der Waals surface area contributed by atoms with Crippen molar-refractivity contribution in [3.05, 3.63) is 48.0 Å². The highest BCUT2D eigenvalue weighted by Crippen LogP contribution is 2.35. The third-order valence-electron chi connectivity index (χ3n) is 5.17. The minimum atomic E-state index is -0.967. The first kappa shape index (κ1) is 18.1. The van der Waals surface area contributed by atoms with E-state index in [0.717, 1.165) is 36.1 Å². The summed E-state index contributed by atoms with van der Waals surface area (Å²) in [5, 5.41) is 23.6. The number of nitrogens with one attached hydrogen (secondary N) is 2. The number of carboxylic acid groups (broad SMARTS) is 1. The van der Waals surface area contributed by atoms with Crippen molar-refractivity contribution in [2.45, 2.75) is 32.3 Å². The van der Waals surface area contributed by atoms with Gasteiger partial charge in [-0.1, -0.05) is 0 Å². The fraction of sp³-hybridized carbons (Fsp3) is 0.250. The second kappa shape index (κ2) is 7.14. The summed E-state index contributed by atoms with van der Waals surface area (Å²) >= 11 is 0. The first-order valence-electron chi connectivity index (χ1n) is 9.60. The Morgan fingerprint density at radius 2 is 2.23 bits per heavy atom. The van der Waals surface area contributed by atoms with Crippen LogP contribution in [0.15, 0.2) is 36.9 Å². The van der Waals surface area contributed by atoms with Gasteiger partial charge in [-0.05, 0) is 49.9 Å². The molecule has 3 aromatic heterocycles. The van der Waals surface area contributed by atoms with Crippen LogP contribution in [0, 0.1) is 6.92 Å². The van der Waals surface area contributed by atoms with Crippen molar-refractivity contribution in [3.8, 4) is 17.0 Å². The molecule has 0 atom stereocenters. The van der Waals surface area contributed by atoms with Crippen molar-refractivity contribution in [1.29, 1.82) is 0 Å². The maximum absolute atomic E-state index is 11.1. The Kier molecular flexibility index (Phi) is 4.31. The summed E-state index contributed by atoms with van der Waals surface area (Å²) < 4.78 is 7.80. The van der Waals surface area contributed by atoms with E-state index in [0.29, 0.717) is 23.0 Å². The number of hydrogen-bond acceptors (Lipinski definition) is 7. The first-order valence-corrected chi connectivity index (χ1v) is 9.60. The molecule has 3 N–H and O–H groups in total. The standard InChI is InChI=1S/C20H19N7O3/c1-11-7-12(19(28)29)5-6-15(11)24-20-25-18-17(30-14-3-2-4-14)16(13-8-22-23-9-13)21-10-27(18)26-20/h5-10,14H,2-4H2,1H3,(H,22,23)(H,24,26)(H,28,29). The van der Waals surface area contributed by atoms with E-state index in [2.05, 4.69) is 30.6 Å². The van der Waals surface area contributed by atoms with Crippen molar-refractivity contribution < 1.29 is 14.6 Å². The third-order valence-corrected chi connectivity index (χ3v) is 5.17. The molecule has 0 amide bonds. The van der Waals surface area contributed by atoms with Crippen molar-refractivity contribution in [1.82, 2.24) is 29.8 Å². The third kappa shape index (κ3) is 3.21. The lowest BCUT2D eigenvalue weighted by atomic mass is 9.96. The van der Waals surface area contributed by atoms with Crippen molar-refractivity contribution in [2.24, 2.45) is 0 Å². The van der Waals surface area contributed by atoms with E-state index < -0.39 is 5.97 Å². The smallest absolute Gasteiger partial charge is 0.335 e. The summed E-state index contributed by atoms with van der Waals surface area (Å²) in [7, 11) is 0. The highest BCUT2D eigenvalue weighted by atomic mass is 16.5. The van der Waals surface area contributed by atoms with E-state index in [1.807, 2.05) is 6.92 Å². The number of nitrogens with zero attached hydrogens (tertiary/aromatic N) is 5.